The number of hydrogen-bond donors (Lipinski definition) is 1. The van der Waals surface area contributed by atoms with Gasteiger partial charge in [0.2, 0.25) is 15.9 Å². The summed E-state index contributed by atoms with van der Waals surface area (Å²) in [5, 5.41) is 12.6. The molecule has 1 atom stereocenters. The van der Waals surface area contributed by atoms with Gasteiger partial charge in [-0.25, -0.2) is 12.8 Å². The molecule has 3 rings (SSSR count). The molecule has 2 aromatic rings. The number of ether oxygens (including phenoxy) is 1. The number of amides is 1. The summed E-state index contributed by atoms with van der Waals surface area (Å²) in [6.07, 6.45) is 0. The minimum atomic E-state index is -4.13. The van der Waals surface area contributed by atoms with Crippen LogP contribution in [0.4, 0.5) is 0 Å². The largest absolute Gasteiger partial charge is 0.456 e. The number of nitrogens with zero attached hydrogens (tertiary/aromatic N) is 3. The van der Waals surface area contributed by atoms with Crippen LogP contribution in [0.15, 0.2) is 41.3 Å². The molecule has 0 saturated carbocycles. The second kappa shape index (κ2) is 10.3. The monoisotopic (exact) mass is 516 g/mol. The zero-order chi connectivity index (χ0) is 23.5. The maximum Gasteiger partial charge on any atom is 0.247 e. The molecule has 0 bridgehead atoms. The third kappa shape index (κ3) is 5.84. The van der Waals surface area contributed by atoms with Crippen molar-refractivity contribution in [1.82, 2.24) is 14.0 Å². The van der Waals surface area contributed by atoms with Gasteiger partial charge in [0.1, 0.15) is 16.4 Å². The van der Waals surface area contributed by atoms with Crippen LogP contribution in [-0.2, 0) is 14.8 Å². The lowest BCUT2D eigenvalue weighted by molar-refractivity contribution is -0.119. The summed E-state index contributed by atoms with van der Waals surface area (Å²) in [4.78, 5) is 11.2. The molecular formula is C20H19Cl3N4O4S. The van der Waals surface area contributed by atoms with Gasteiger partial charge in [0.05, 0.1) is 17.7 Å². The first-order valence-electron chi connectivity index (χ1n) is 9.45. The minimum absolute atomic E-state index is 0.00825. The zero-order valence-electron chi connectivity index (χ0n) is 16.9. The lowest BCUT2D eigenvalue weighted by atomic mass is 10.2. The third-order valence-corrected chi connectivity index (χ3v) is 7.41. The average molecular weight is 518 g/mol. The summed E-state index contributed by atoms with van der Waals surface area (Å²) in [5.74, 6) is -0.0414. The third-order valence-electron chi connectivity index (χ3n) is 4.69. The fourth-order valence-corrected chi connectivity index (χ4v) is 5.74. The first-order chi connectivity index (χ1) is 15.1. The van der Waals surface area contributed by atoms with Crippen molar-refractivity contribution < 1.29 is 17.9 Å². The van der Waals surface area contributed by atoms with Crippen molar-refractivity contribution in [3.63, 3.8) is 0 Å². The Labute approximate surface area is 201 Å². The van der Waals surface area contributed by atoms with Crippen LogP contribution in [0.1, 0.15) is 12.5 Å². The molecule has 1 unspecified atom stereocenters. The highest BCUT2D eigenvalue weighted by Crippen LogP contribution is 2.35. The van der Waals surface area contributed by atoms with Crippen LogP contribution in [0.3, 0.4) is 0 Å². The van der Waals surface area contributed by atoms with Crippen molar-refractivity contribution in [2.75, 3.05) is 26.2 Å². The van der Waals surface area contributed by atoms with Crippen molar-refractivity contribution in [3.05, 3.63) is 52.0 Å². The van der Waals surface area contributed by atoms with Crippen LogP contribution < -0.4 is 10.1 Å². The fraction of sp³-hybridized carbons (Fsp3) is 0.300. The van der Waals surface area contributed by atoms with Crippen molar-refractivity contribution in [1.29, 1.82) is 5.26 Å². The van der Waals surface area contributed by atoms with E-state index in [1.165, 1.54) is 52.0 Å². The number of rotatable bonds is 6. The minimum Gasteiger partial charge on any atom is -0.456 e. The van der Waals surface area contributed by atoms with E-state index in [0.29, 0.717) is 10.0 Å². The Hall–Kier alpha value is -2.06. The summed E-state index contributed by atoms with van der Waals surface area (Å²) in [6, 6.07) is 9.94. The van der Waals surface area contributed by atoms with E-state index in [0.717, 1.165) is 0 Å². The smallest absolute Gasteiger partial charge is 0.247 e. The average Bonchev–Trinajstić information content (AvgIpc) is 2.71. The van der Waals surface area contributed by atoms with Crippen LogP contribution in [0.5, 0.6) is 11.5 Å². The standard InChI is InChI=1S/C20H19Cl3N4O4S/c1-13(28)25-11-17-12-26(23)4-5-27(17)32(29,30)20-6-14(10-24)2-3-19(20)31-18-8-15(21)7-16(22)9-18/h2-3,6-9,17H,4-5,11-12H2,1H3,(H,25,28). The van der Waals surface area contributed by atoms with E-state index in [-0.39, 0.29) is 54.0 Å². The lowest BCUT2D eigenvalue weighted by Gasteiger charge is -2.37. The van der Waals surface area contributed by atoms with Crippen LogP contribution in [-0.4, -0.2) is 55.3 Å². The Morgan fingerprint density at radius 2 is 1.91 bits per heavy atom. The van der Waals surface area contributed by atoms with E-state index in [2.05, 4.69) is 5.32 Å². The molecule has 2 aromatic carbocycles. The summed E-state index contributed by atoms with van der Waals surface area (Å²) >= 11 is 18.2. The first kappa shape index (κ1) is 24.6. The molecule has 1 saturated heterocycles. The van der Waals surface area contributed by atoms with Crippen molar-refractivity contribution in [2.45, 2.75) is 17.9 Å². The molecule has 1 N–H and O–H groups in total. The number of nitriles is 1. The maximum atomic E-state index is 13.7. The zero-order valence-corrected chi connectivity index (χ0v) is 20.0. The molecule has 1 amide bonds. The topological polar surface area (TPSA) is 103 Å². The number of nitrogens with one attached hydrogen (secondary N) is 1. The molecule has 1 aliphatic rings. The van der Waals surface area contributed by atoms with Gasteiger partial charge >= 0.3 is 0 Å². The molecule has 170 valence electrons. The molecule has 1 fully saturated rings. The van der Waals surface area contributed by atoms with E-state index in [9.17, 15) is 18.5 Å². The van der Waals surface area contributed by atoms with Crippen LogP contribution >= 0.6 is 35.0 Å². The summed E-state index contributed by atoms with van der Waals surface area (Å²) < 4.78 is 35.9. The molecule has 0 aliphatic carbocycles. The number of benzene rings is 2. The maximum absolute atomic E-state index is 13.7. The number of hydrogen-bond acceptors (Lipinski definition) is 6. The molecule has 32 heavy (non-hydrogen) atoms. The Bertz CT molecular complexity index is 1150. The number of piperazine rings is 1. The number of carbonyl (C=O) groups is 1. The van der Waals surface area contributed by atoms with Crippen LogP contribution in [0, 0.1) is 11.3 Å². The molecule has 0 aromatic heterocycles. The van der Waals surface area contributed by atoms with E-state index >= 15 is 0 Å². The summed E-state index contributed by atoms with van der Waals surface area (Å²) in [6.45, 7) is 2.01. The fourth-order valence-electron chi connectivity index (χ4n) is 3.25. The van der Waals surface area contributed by atoms with E-state index in [1.807, 2.05) is 6.07 Å². The number of halogens is 3. The van der Waals surface area contributed by atoms with Crippen LogP contribution in [0.2, 0.25) is 10.0 Å². The Kier molecular flexibility index (Phi) is 7.88. The lowest BCUT2D eigenvalue weighted by Crippen LogP contribution is -2.56. The van der Waals surface area contributed by atoms with E-state index in [1.54, 1.807) is 0 Å². The Balaban J connectivity index is 2.03. The van der Waals surface area contributed by atoms with Crippen LogP contribution in [0.25, 0.3) is 0 Å². The van der Waals surface area contributed by atoms with E-state index < -0.39 is 16.1 Å². The quantitative estimate of drug-likeness (QED) is 0.587. The number of sulfonamides is 1. The van der Waals surface area contributed by atoms with E-state index in [4.69, 9.17) is 39.7 Å². The molecule has 1 aliphatic heterocycles. The van der Waals surface area contributed by atoms with Gasteiger partial charge < -0.3 is 10.1 Å². The molecule has 12 heteroatoms. The first-order valence-corrected chi connectivity index (χ1v) is 12.0. The van der Waals surface area contributed by atoms with Gasteiger partial charge in [-0.3, -0.25) is 4.79 Å². The summed E-state index contributed by atoms with van der Waals surface area (Å²) in [5.41, 5.74) is 0.148. The SMILES string of the molecule is CC(=O)NCC1CN(Cl)CCN1S(=O)(=O)c1cc(C#N)ccc1Oc1cc(Cl)cc(Cl)c1. The van der Waals surface area contributed by atoms with Gasteiger partial charge in [-0.1, -0.05) is 23.2 Å². The Morgan fingerprint density at radius 3 is 2.53 bits per heavy atom. The van der Waals surface area contributed by atoms with Crippen molar-refractivity contribution in [3.8, 4) is 17.6 Å². The van der Waals surface area contributed by atoms with Gasteiger partial charge in [0, 0.05) is 43.1 Å². The molecule has 1 heterocycles. The summed E-state index contributed by atoms with van der Waals surface area (Å²) in [7, 11) is -4.13. The predicted octanol–water partition coefficient (Wildman–Crippen LogP) is 3.62. The predicted molar refractivity (Wildman–Crippen MR) is 121 cm³/mol. The molecular weight excluding hydrogens is 499 g/mol. The molecule has 8 nitrogen and oxygen atoms in total. The normalized spacial score (nSPS) is 17.5. The highest BCUT2D eigenvalue weighted by atomic mass is 35.5. The Morgan fingerprint density at radius 1 is 1.22 bits per heavy atom. The van der Waals surface area contributed by atoms with Gasteiger partial charge in [0.15, 0.2) is 0 Å². The van der Waals surface area contributed by atoms with Gasteiger partial charge in [-0.05, 0) is 48.2 Å². The van der Waals surface area contributed by atoms with Gasteiger partial charge in [-0.15, -0.1) is 0 Å². The van der Waals surface area contributed by atoms with Gasteiger partial charge in [-0.2, -0.15) is 9.57 Å². The second-order valence-corrected chi connectivity index (χ2v) is 10.3. The highest BCUT2D eigenvalue weighted by molar-refractivity contribution is 7.89. The van der Waals surface area contributed by atoms with Crippen molar-refractivity contribution in [2.24, 2.45) is 0 Å². The molecule has 0 radical (unpaired) electrons. The van der Waals surface area contributed by atoms with Crippen molar-refractivity contribution >= 4 is 50.9 Å². The molecule has 0 spiro atoms. The second-order valence-electron chi connectivity index (χ2n) is 7.06. The highest BCUT2D eigenvalue weighted by Gasteiger charge is 2.37. The number of carbonyl (C=O) groups excluding carboxylic acids is 1. The van der Waals surface area contributed by atoms with Gasteiger partial charge in [0.25, 0.3) is 0 Å².